The molecule has 1 rings (SSSR count). The Morgan fingerprint density at radius 1 is 1.77 bits per heavy atom. The molecule has 2 N–H and O–H groups in total. The van der Waals surface area contributed by atoms with Crippen LogP contribution < -0.4 is 5.73 Å². The second-order valence-corrected chi connectivity index (χ2v) is 2.57. The highest BCUT2D eigenvalue weighted by Gasteiger charge is 2.10. The zero-order valence-electron chi connectivity index (χ0n) is 7.36. The van der Waals surface area contributed by atoms with E-state index < -0.39 is 5.91 Å². The third-order valence-corrected chi connectivity index (χ3v) is 1.68. The zero-order valence-corrected chi connectivity index (χ0v) is 7.36. The average molecular weight is 181 g/mol. The molecule has 0 fully saturated rings. The number of rotatable bonds is 4. The summed E-state index contributed by atoms with van der Waals surface area (Å²) in [7, 11) is 0. The van der Waals surface area contributed by atoms with Crippen LogP contribution in [0.25, 0.3) is 0 Å². The van der Waals surface area contributed by atoms with Gasteiger partial charge in [-0.05, 0) is 13.0 Å². The maximum absolute atomic E-state index is 10.9. The number of nitrogens with zero attached hydrogens (tertiary/aromatic N) is 2. The molecule has 0 spiro atoms. The predicted octanol–water partition coefficient (Wildman–Crippen LogP) is -0.257. The van der Waals surface area contributed by atoms with E-state index in [0.29, 0.717) is 17.9 Å². The molecule has 0 saturated heterocycles. The quantitative estimate of drug-likeness (QED) is 0.650. The van der Waals surface area contributed by atoms with Crippen molar-refractivity contribution in [3.8, 4) is 0 Å². The van der Waals surface area contributed by atoms with E-state index in [2.05, 4.69) is 5.10 Å². The molecule has 0 aromatic carbocycles. The monoisotopic (exact) mass is 181 g/mol. The van der Waals surface area contributed by atoms with Gasteiger partial charge >= 0.3 is 0 Å². The van der Waals surface area contributed by atoms with Crippen molar-refractivity contribution in [3.05, 3.63) is 17.5 Å². The Morgan fingerprint density at radius 3 is 2.85 bits per heavy atom. The molecular weight excluding hydrogens is 170 g/mol. The molecule has 0 unspecified atom stereocenters. The topological polar surface area (TPSA) is 78.0 Å². The molecule has 1 aromatic rings. The summed E-state index contributed by atoms with van der Waals surface area (Å²) >= 11 is 0. The van der Waals surface area contributed by atoms with Gasteiger partial charge in [0.1, 0.15) is 12.0 Å². The Labute approximate surface area is 75.5 Å². The molecule has 0 aliphatic heterocycles. The van der Waals surface area contributed by atoms with Crippen LogP contribution in [0.15, 0.2) is 6.07 Å². The Bertz CT molecular complexity index is 330. The number of nitrogens with two attached hydrogens (primary N) is 1. The highest BCUT2D eigenvalue weighted by atomic mass is 16.1. The van der Waals surface area contributed by atoms with E-state index in [1.807, 2.05) is 6.92 Å². The summed E-state index contributed by atoms with van der Waals surface area (Å²) in [6.45, 7) is 2.42. The number of amides is 1. The number of hydrogen-bond acceptors (Lipinski definition) is 3. The van der Waals surface area contributed by atoms with Gasteiger partial charge in [0.25, 0.3) is 5.91 Å². The zero-order chi connectivity index (χ0) is 9.84. The van der Waals surface area contributed by atoms with Crippen molar-refractivity contribution < 1.29 is 9.59 Å². The summed E-state index contributed by atoms with van der Waals surface area (Å²) in [4.78, 5) is 21.1. The van der Waals surface area contributed by atoms with Crippen molar-refractivity contribution in [2.24, 2.45) is 5.73 Å². The summed E-state index contributed by atoms with van der Waals surface area (Å²) < 4.78 is 1.49. The SMILES string of the molecule is CCn1nc(CC=O)cc1C(N)=O. The van der Waals surface area contributed by atoms with Crippen molar-refractivity contribution in [2.75, 3.05) is 0 Å². The van der Waals surface area contributed by atoms with Gasteiger partial charge in [0.05, 0.1) is 5.69 Å². The first kappa shape index (κ1) is 9.44. The Balaban J connectivity index is 3.03. The summed E-state index contributed by atoms with van der Waals surface area (Å²) in [5, 5.41) is 4.02. The first-order valence-electron chi connectivity index (χ1n) is 3.99. The van der Waals surface area contributed by atoms with Crippen molar-refractivity contribution in [1.82, 2.24) is 9.78 Å². The number of carbonyl (C=O) groups is 2. The van der Waals surface area contributed by atoms with Crippen molar-refractivity contribution in [1.29, 1.82) is 0 Å². The van der Waals surface area contributed by atoms with E-state index in [1.54, 1.807) is 6.07 Å². The van der Waals surface area contributed by atoms with Crippen LogP contribution in [0.2, 0.25) is 0 Å². The summed E-state index contributed by atoms with van der Waals surface area (Å²) in [5.41, 5.74) is 6.03. The van der Waals surface area contributed by atoms with Gasteiger partial charge in [-0.2, -0.15) is 5.10 Å². The highest BCUT2D eigenvalue weighted by Crippen LogP contribution is 2.03. The Kier molecular flexibility index (Phi) is 2.79. The molecule has 0 bridgehead atoms. The van der Waals surface area contributed by atoms with Crippen LogP contribution in [0.4, 0.5) is 0 Å². The van der Waals surface area contributed by atoms with Crippen LogP contribution in [0.3, 0.4) is 0 Å². The number of hydrogen-bond donors (Lipinski definition) is 1. The largest absolute Gasteiger partial charge is 0.364 e. The van der Waals surface area contributed by atoms with Gasteiger partial charge in [0.15, 0.2) is 0 Å². The van der Waals surface area contributed by atoms with Gasteiger partial charge in [0, 0.05) is 13.0 Å². The molecule has 1 aromatic heterocycles. The van der Waals surface area contributed by atoms with E-state index in [1.165, 1.54) is 4.68 Å². The summed E-state index contributed by atoms with van der Waals surface area (Å²) in [6, 6.07) is 1.54. The number of aromatic nitrogens is 2. The lowest BCUT2D eigenvalue weighted by atomic mass is 10.3. The molecular formula is C8H11N3O2. The molecule has 0 radical (unpaired) electrons. The molecule has 0 aliphatic rings. The summed E-state index contributed by atoms with van der Waals surface area (Å²) in [6.07, 6.45) is 0.959. The van der Waals surface area contributed by atoms with E-state index in [9.17, 15) is 9.59 Å². The lowest BCUT2D eigenvalue weighted by molar-refractivity contribution is -0.107. The summed E-state index contributed by atoms with van der Waals surface area (Å²) in [5.74, 6) is -0.522. The van der Waals surface area contributed by atoms with Gasteiger partial charge in [-0.1, -0.05) is 0 Å². The fourth-order valence-corrected chi connectivity index (χ4v) is 1.09. The van der Waals surface area contributed by atoms with Gasteiger partial charge < -0.3 is 10.5 Å². The van der Waals surface area contributed by atoms with Gasteiger partial charge in [-0.3, -0.25) is 9.48 Å². The van der Waals surface area contributed by atoms with Crippen molar-refractivity contribution in [2.45, 2.75) is 19.9 Å². The lowest BCUT2D eigenvalue weighted by Gasteiger charge is -1.97. The first-order chi connectivity index (χ1) is 6.19. The maximum atomic E-state index is 10.9. The molecule has 1 heterocycles. The molecule has 1 amide bonds. The van der Waals surface area contributed by atoms with Crippen LogP contribution in [-0.2, 0) is 17.8 Å². The third kappa shape index (κ3) is 1.93. The minimum Gasteiger partial charge on any atom is -0.364 e. The van der Waals surface area contributed by atoms with Crippen LogP contribution in [0.1, 0.15) is 23.1 Å². The fourth-order valence-electron chi connectivity index (χ4n) is 1.09. The molecule has 13 heavy (non-hydrogen) atoms. The molecule has 0 saturated carbocycles. The fraction of sp³-hybridized carbons (Fsp3) is 0.375. The Hall–Kier alpha value is -1.65. The van der Waals surface area contributed by atoms with Gasteiger partial charge in [-0.25, -0.2) is 0 Å². The molecule has 0 atom stereocenters. The van der Waals surface area contributed by atoms with E-state index in [0.717, 1.165) is 6.29 Å². The van der Waals surface area contributed by atoms with Gasteiger partial charge in [-0.15, -0.1) is 0 Å². The van der Waals surface area contributed by atoms with Crippen LogP contribution >= 0.6 is 0 Å². The Morgan fingerprint density at radius 2 is 2.46 bits per heavy atom. The minimum atomic E-state index is -0.522. The second-order valence-electron chi connectivity index (χ2n) is 2.57. The van der Waals surface area contributed by atoms with E-state index >= 15 is 0 Å². The minimum absolute atomic E-state index is 0.216. The van der Waals surface area contributed by atoms with E-state index in [4.69, 9.17) is 5.73 Å². The van der Waals surface area contributed by atoms with Crippen LogP contribution in [-0.4, -0.2) is 22.0 Å². The standard InChI is InChI=1S/C8H11N3O2/c1-2-11-7(8(9)13)5-6(10-11)3-4-12/h4-5H,2-3H2,1H3,(H2,9,13). The predicted molar refractivity (Wildman–Crippen MR) is 46.2 cm³/mol. The van der Waals surface area contributed by atoms with Gasteiger partial charge in [0.2, 0.25) is 0 Å². The molecule has 5 nitrogen and oxygen atoms in total. The van der Waals surface area contributed by atoms with Crippen molar-refractivity contribution in [3.63, 3.8) is 0 Å². The second kappa shape index (κ2) is 3.84. The highest BCUT2D eigenvalue weighted by molar-refractivity contribution is 5.91. The molecule has 70 valence electrons. The van der Waals surface area contributed by atoms with Crippen LogP contribution in [0, 0.1) is 0 Å². The van der Waals surface area contributed by atoms with Crippen molar-refractivity contribution >= 4 is 12.2 Å². The normalized spacial score (nSPS) is 9.92. The number of aryl methyl sites for hydroxylation is 1. The lowest BCUT2D eigenvalue weighted by Crippen LogP contribution is -2.16. The average Bonchev–Trinajstić information content (AvgIpc) is 2.48. The number of carbonyl (C=O) groups excluding carboxylic acids is 2. The number of primary amides is 1. The number of aldehydes is 1. The first-order valence-corrected chi connectivity index (χ1v) is 3.99. The third-order valence-electron chi connectivity index (χ3n) is 1.68. The maximum Gasteiger partial charge on any atom is 0.266 e. The molecule has 5 heteroatoms. The smallest absolute Gasteiger partial charge is 0.266 e. The van der Waals surface area contributed by atoms with Crippen LogP contribution in [0.5, 0.6) is 0 Å². The van der Waals surface area contributed by atoms with E-state index in [-0.39, 0.29) is 6.42 Å². The molecule has 0 aliphatic carbocycles.